The van der Waals surface area contributed by atoms with Crippen LogP contribution in [0.2, 0.25) is 0 Å². The lowest BCUT2D eigenvalue weighted by Gasteiger charge is -2.35. The van der Waals surface area contributed by atoms with Gasteiger partial charge in [-0.15, -0.1) is 0 Å². The average molecular weight is 417 g/mol. The first-order valence-electron chi connectivity index (χ1n) is 9.33. The molecule has 0 saturated carbocycles. The van der Waals surface area contributed by atoms with Crippen molar-refractivity contribution in [3.8, 4) is 0 Å². The van der Waals surface area contributed by atoms with Gasteiger partial charge in [0.25, 0.3) is 21.6 Å². The number of likely N-dealkylation sites (tertiary alicyclic amines) is 1. The summed E-state index contributed by atoms with van der Waals surface area (Å²) in [6, 6.07) is 11.2. The molecule has 0 bridgehead atoms. The molecule has 2 atom stereocenters. The normalized spacial score (nSPS) is 19.6. The third-order valence-electron chi connectivity index (χ3n) is 4.90. The number of amides is 1. The van der Waals surface area contributed by atoms with Gasteiger partial charge in [0, 0.05) is 25.2 Å². The number of nitrogens with one attached hydrogen (secondary N) is 1. The Balaban J connectivity index is 1.90. The molecule has 2 unspecified atom stereocenters. The van der Waals surface area contributed by atoms with E-state index >= 15 is 0 Å². The zero-order valence-corrected chi connectivity index (χ0v) is 17.1. The highest BCUT2D eigenvalue weighted by Gasteiger charge is 2.28. The fourth-order valence-corrected chi connectivity index (χ4v) is 4.84. The molecule has 1 aliphatic heterocycles. The van der Waals surface area contributed by atoms with E-state index in [1.54, 1.807) is 23.1 Å². The zero-order valence-electron chi connectivity index (χ0n) is 16.2. The number of nitro groups is 1. The summed E-state index contributed by atoms with van der Waals surface area (Å²) in [6.45, 7) is 5.42. The predicted molar refractivity (Wildman–Crippen MR) is 109 cm³/mol. The first-order valence-corrected chi connectivity index (χ1v) is 10.8. The third-order valence-corrected chi connectivity index (χ3v) is 6.26. The van der Waals surface area contributed by atoms with Crippen LogP contribution in [0.4, 0.5) is 11.4 Å². The van der Waals surface area contributed by atoms with Crippen LogP contribution in [0.5, 0.6) is 0 Å². The van der Waals surface area contributed by atoms with Crippen LogP contribution >= 0.6 is 0 Å². The Morgan fingerprint density at radius 1 is 1.10 bits per heavy atom. The van der Waals surface area contributed by atoms with E-state index in [4.69, 9.17) is 0 Å². The van der Waals surface area contributed by atoms with Gasteiger partial charge in [0.15, 0.2) is 0 Å². The molecule has 1 N–H and O–H groups in total. The summed E-state index contributed by atoms with van der Waals surface area (Å²) in [5, 5.41) is 11.0. The van der Waals surface area contributed by atoms with Crippen LogP contribution < -0.4 is 4.72 Å². The molecular weight excluding hydrogens is 394 g/mol. The molecule has 0 aliphatic carbocycles. The molecule has 1 aliphatic rings. The van der Waals surface area contributed by atoms with Crippen molar-refractivity contribution in [2.45, 2.75) is 25.2 Å². The molecule has 1 fully saturated rings. The Morgan fingerprint density at radius 3 is 2.41 bits per heavy atom. The summed E-state index contributed by atoms with van der Waals surface area (Å²) < 4.78 is 28.0. The van der Waals surface area contributed by atoms with Crippen molar-refractivity contribution in [1.29, 1.82) is 0 Å². The van der Waals surface area contributed by atoms with Crippen molar-refractivity contribution in [1.82, 2.24) is 4.90 Å². The second-order valence-corrected chi connectivity index (χ2v) is 9.24. The van der Waals surface area contributed by atoms with E-state index in [-0.39, 0.29) is 27.7 Å². The molecule has 0 spiro atoms. The van der Waals surface area contributed by atoms with Gasteiger partial charge < -0.3 is 4.90 Å². The Hall–Kier alpha value is -2.94. The molecule has 3 rings (SSSR count). The second kappa shape index (κ2) is 8.20. The zero-order chi connectivity index (χ0) is 21.2. The lowest BCUT2D eigenvalue weighted by molar-refractivity contribution is -0.385. The lowest BCUT2D eigenvalue weighted by atomic mass is 9.91. The van der Waals surface area contributed by atoms with Crippen LogP contribution in [0.15, 0.2) is 53.4 Å². The van der Waals surface area contributed by atoms with E-state index in [2.05, 4.69) is 18.6 Å². The minimum Gasteiger partial charge on any atom is -0.338 e. The van der Waals surface area contributed by atoms with Gasteiger partial charge in [-0.05, 0) is 36.5 Å². The maximum Gasteiger partial charge on any atom is 0.270 e. The van der Waals surface area contributed by atoms with Crippen LogP contribution in [0.1, 0.15) is 30.6 Å². The summed E-state index contributed by atoms with van der Waals surface area (Å²) in [5.41, 5.74) is 0.0752. The van der Waals surface area contributed by atoms with Gasteiger partial charge in [0.2, 0.25) is 0 Å². The van der Waals surface area contributed by atoms with E-state index in [0.717, 1.165) is 12.5 Å². The standard InChI is InChI=1S/C20H23N3O5S/c1-14-10-15(2)13-22(12-14)20(24)18-8-3-4-9-19(18)21-29(27,28)17-7-5-6-16(11-17)23(25)26/h3-9,11,14-15,21H,10,12-13H2,1-2H3. The van der Waals surface area contributed by atoms with Gasteiger partial charge in [0.05, 0.1) is 21.1 Å². The van der Waals surface area contributed by atoms with Gasteiger partial charge >= 0.3 is 0 Å². The van der Waals surface area contributed by atoms with Crippen LogP contribution in [-0.4, -0.2) is 37.2 Å². The van der Waals surface area contributed by atoms with Gasteiger partial charge in [-0.1, -0.05) is 32.0 Å². The van der Waals surface area contributed by atoms with Gasteiger partial charge in [-0.3, -0.25) is 19.6 Å². The molecule has 154 valence electrons. The number of carbonyl (C=O) groups excluding carboxylic acids is 1. The van der Waals surface area contributed by atoms with Crippen LogP contribution in [0, 0.1) is 22.0 Å². The van der Waals surface area contributed by atoms with Crippen molar-refractivity contribution in [2.24, 2.45) is 11.8 Å². The smallest absolute Gasteiger partial charge is 0.270 e. The van der Waals surface area contributed by atoms with Crippen LogP contribution in [0.3, 0.4) is 0 Å². The second-order valence-electron chi connectivity index (χ2n) is 7.56. The van der Waals surface area contributed by atoms with Crippen molar-refractivity contribution >= 4 is 27.3 Å². The number of benzene rings is 2. The Morgan fingerprint density at radius 2 is 1.76 bits per heavy atom. The topological polar surface area (TPSA) is 110 Å². The van der Waals surface area contributed by atoms with E-state index < -0.39 is 14.9 Å². The maximum atomic E-state index is 13.1. The van der Waals surface area contributed by atoms with Gasteiger partial charge in [-0.25, -0.2) is 8.42 Å². The quantitative estimate of drug-likeness (QED) is 0.591. The largest absolute Gasteiger partial charge is 0.338 e. The third kappa shape index (κ3) is 4.73. The molecular formula is C20H23N3O5S. The number of non-ortho nitro benzene ring substituents is 1. The molecule has 0 radical (unpaired) electrons. The van der Waals surface area contributed by atoms with Crippen molar-refractivity contribution < 1.29 is 18.1 Å². The highest BCUT2D eigenvalue weighted by atomic mass is 32.2. The van der Waals surface area contributed by atoms with Gasteiger partial charge in [0.1, 0.15) is 0 Å². The number of sulfonamides is 1. The first-order chi connectivity index (χ1) is 13.7. The van der Waals surface area contributed by atoms with E-state index in [0.29, 0.717) is 24.9 Å². The molecule has 8 nitrogen and oxygen atoms in total. The molecule has 1 amide bonds. The number of hydrogen-bond donors (Lipinski definition) is 1. The van der Waals surface area contributed by atoms with Gasteiger partial charge in [-0.2, -0.15) is 0 Å². The Bertz CT molecular complexity index is 1030. The Kier molecular flexibility index (Phi) is 5.88. The molecule has 9 heteroatoms. The highest BCUT2D eigenvalue weighted by Crippen LogP contribution is 2.27. The fourth-order valence-electron chi connectivity index (χ4n) is 3.73. The SMILES string of the molecule is CC1CC(C)CN(C(=O)c2ccccc2NS(=O)(=O)c2cccc([N+](=O)[O-])c2)C1. The summed E-state index contributed by atoms with van der Waals surface area (Å²) in [5.74, 6) is 0.508. The maximum absolute atomic E-state index is 13.1. The monoisotopic (exact) mass is 417 g/mol. The fraction of sp³-hybridized carbons (Fsp3) is 0.350. The van der Waals surface area contributed by atoms with E-state index in [1.807, 2.05) is 0 Å². The molecule has 2 aromatic rings. The minimum absolute atomic E-state index is 0.148. The number of carbonyl (C=O) groups is 1. The summed E-state index contributed by atoms with van der Waals surface area (Å²) in [6.07, 6.45) is 1.05. The number of rotatable bonds is 5. The molecule has 29 heavy (non-hydrogen) atoms. The van der Waals surface area contributed by atoms with Crippen LogP contribution in [-0.2, 0) is 10.0 Å². The Labute approximate surface area is 169 Å². The van der Waals surface area contributed by atoms with Crippen LogP contribution in [0.25, 0.3) is 0 Å². The van der Waals surface area contributed by atoms with E-state index in [1.165, 1.54) is 24.3 Å². The molecule has 2 aromatic carbocycles. The number of anilines is 1. The average Bonchev–Trinajstić information content (AvgIpc) is 2.67. The number of para-hydroxylation sites is 1. The minimum atomic E-state index is -4.10. The number of piperidine rings is 1. The van der Waals surface area contributed by atoms with Crippen molar-refractivity contribution in [2.75, 3.05) is 17.8 Å². The van der Waals surface area contributed by atoms with E-state index in [9.17, 15) is 23.3 Å². The number of hydrogen-bond acceptors (Lipinski definition) is 5. The highest BCUT2D eigenvalue weighted by molar-refractivity contribution is 7.92. The summed E-state index contributed by atoms with van der Waals surface area (Å²) >= 11 is 0. The summed E-state index contributed by atoms with van der Waals surface area (Å²) in [7, 11) is -4.10. The van der Waals surface area contributed by atoms with Crippen molar-refractivity contribution in [3.63, 3.8) is 0 Å². The molecule has 1 heterocycles. The molecule has 1 saturated heterocycles. The summed E-state index contributed by atoms with van der Waals surface area (Å²) in [4.78, 5) is 24.9. The molecule has 0 aromatic heterocycles. The number of nitro benzene ring substituents is 1. The van der Waals surface area contributed by atoms with Crippen molar-refractivity contribution in [3.05, 3.63) is 64.2 Å². The number of nitrogens with zero attached hydrogens (tertiary/aromatic N) is 2. The predicted octanol–water partition coefficient (Wildman–Crippen LogP) is 3.51. The lowest BCUT2D eigenvalue weighted by Crippen LogP contribution is -2.42. The first kappa shape index (κ1) is 20.8.